The minimum Gasteiger partial charge on any atom is -0.366 e. The Balaban J connectivity index is 2.12. The van der Waals surface area contributed by atoms with Crippen molar-refractivity contribution in [1.82, 2.24) is 9.97 Å². The predicted molar refractivity (Wildman–Crippen MR) is 103 cm³/mol. The van der Waals surface area contributed by atoms with Crippen molar-refractivity contribution in [3.8, 4) is 11.1 Å². The molecule has 0 aliphatic heterocycles. The lowest BCUT2D eigenvalue weighted by Crippen LogP contribution is -2.11. The molecule has 0 bridgehead atoms. The van der Waals surface area contributed by atoms with Crippen LogP contribution in [-0.4, -0.2) is 15.9 Å². The van der Waals surface area contributed by atoms with Crippen LogP contribution < -0.4 is 5.73 Å². The molecule has 128 valence electrons. The summed E-state index contributed by atoms with van der Waals surface area (Å²) in [4.78, 5) is 18.6. The first-order valence-electron chi connectivity index (χ1n) is 8.31. The summed E-state index contributed by atoms with van der Waals surface area (Å²) in [7, 11) is 0. The number of aromatic amines is 1. The van der Waals surface area contributed by atoms with Crippen molar-refractivity contribution in [1.29, 1.82) is 0 Å². The first-order valence-corrected chi connectivity index (χ1v) is 8.31. The molecule has 0 atom stereocenters. The van der Waals surface area contributed by atoms with Crippen molar-refractivity contribution in [2.75, 3.05) is 0 Å². The maximum Gasteiger partial charge on any atom is 0.241 e. The van der Waals surface area contributed by atoms with E-state index in [1.165, 1.54) is 17.2 Å². The highest BCUT2D eigenvalue weighted by Gasteiger charge is 2.15. The number of hydrogen-bond acceptors (Lipinski definition) is 2. The molecule has 0 aliphatic rings. The first-order chi connectivity index (χ1) is 11.7. The van der Waals surface area contributed by atoms with Crippen LogP contribution in [0.15, 0.2) is 42.7 Å². The highest BCUT2D eigenvalue weighted by molar-refractivity contribution is 5.95. The molecular weight excluding hydrogens is 310 g/mol. The van der Waals surface area contributed by atoms with Gasteiger partial charge in [-0.15, -0.1) is 0 Å². The molecular formula is C21H23N3O. The number of carbonyl (C=O) groups excluding carboxylic acids is 1. The number of fused-ring (bicyclic) bond motifs is 1. The molecule has 0 saturated heterocycles. The Morgan fingerprint density at radius 2 is 1.92 bits per heavy atom. The van der Waals surface area contributed by atoms with Crippen LogP contribution >= 0.6 is 0 Å². The molecule has 1 aromatic carbocycles. The Labute approximate surface area is 147 Å². The average molecular weight is 333 g/mol. The second kappa shape index (κ2) is 6.20. The number of hydrogen-bond donors (Lipinski definition) is 2. The van der Waals surface area contributed by atoms with Crippen LogP contribution in [0.3, 0.4) is 0 Å². The lowest BCUT2D eigenvalue weighted by Gasteiger charge is -2.21. The van der Waals surface area contributed by atoms with Gasteiger partial charge in [0.25, 0.3) is 0 Å². The summed E-state index contributed by atoms with van der Waals surface area (Å²) in [6.07, 6.45) is 6.78. The Kier molecular flexibility index (Phi) is 4.21. The number of nitrogens with one attached hydrogen (secondary N) is 1. The topological polar surface area (TPSA) is 71.8 Å². The van der Waals surface area contributed by atoms with Crippen LogP contribution in [-0.2, 0) is 10.2 Å². The molecule has 4 nitrogen and oxygen atoms in total. The zero-order valence-corrected chi connectivity index (χ0v) is 15.1. The average Bonchev–Trinajstić information content (AvgIpc) is 2.93. The van der Waals surface area contributed by atoms with Crippen LogP contribution in [0.25, 0.3) is 28.2 Å². The van der Waals surface area contributed by atoms with Crippen LogP contribution in [0.5, 0.6) is 0 Å². The molecule has 0 saturated carbocycles. The first kappa shape index (κ1) is 17.0. The van der Waals surface area contributed by atoms with Gasteiger partial charge in [0.1, 0.15) is 5.65 Å². The van der Waals surface area contributed by atoms with E-state index >= 15 is 0 Å². The van der Waals surface area contributed by atoms with Gasteiger partial charge in [-0.1, -0.05) is 44.5 Å². The molecule has 4 heteroatoms. The summed E-state index contributed by atoms with van der Waals surface area (Å²) >= 11 is 0. The minimum atomic E-state index is -0.466. The van der Waals surface area contributed by atoms with Crippen molar-refractivity contribution in [3.63, 3.8) is 0 Å². The lowest BCUT2D eigenvalue weighted by molar-refractivity contribution is -0.113. The Morgan fingerprint density at radius 3 is 2.60 bits per heavy atom. The Morgan fingerprint density at radius 1 is 1.16 bits per heavy atom. The Hall–Kier alpha value is -2.88. The third kappa shape index (κ3) is 3.63. The lowest BCUT2D eigenvalue weighted by atomic mass is 9.84. The van der Waals surface area contributed by atoms with Gasteiger partial charge in [-0.3, -0.25) is 4.79 Å². The molecule has 0 aliphatic carbocycles. The summed E-state index contributed by atoms with van der Waals surface area (Å²) < 4.78 is 0. The van der Waals surface area contributed by atoms with E-state index in [1.807, 2.05) is 12.4 Å². The van der Waals surface area contributed by atoms with E-state index in [1.54, 1.807) is 6.08 Å². The van der Waals surface area contributed by atoms with Gasteiger partial charge in [-0.2, -0.15) is 0 Å². The number of pyridine rings is 1. The highest BCUT2D eigenvalue weighted by Crippen LogP contribution is 2.31. The summed E-state index contributed by atoms with van der Waals surface area (Å²) in [5.74, 6) is -0.466. The zero-order chi connectivity index (χ0) is 18.2. The summed E-state index contributed by atoms with van der Waals surface area (Å²) in [6, 6.07) is 8.72. The van der Waals surface area contributed by atoms with Crippen LogP contribution in [0, 0.1) is 6.92 Å². The molecule has 0 unspecified atom stereocenters. The number of carbonyl (C=O) groups is 1. The fourth-order valence-electron chi connectivity index (χ4n) is 2.87. The monoisotopic (exact) mass is 333 g/mol. The van der Waals surface area contributed by atoms with E-state index in [2.05, 4.69) is 61.9 Å². The molecule has 1 amide bonds. The van der Waals surface area contributed by atoms with E-state index in [9.17, 15) is 4.79 Å². The summed E-state index contributed by atoms with van der Waals surface area (Å²) in [5.41, 5.74) is 11.7. The van der Waals surface area contributed by atoms with E-state index in [-0.39, 0.29) is 5.41 Å². The van der Waals surface area contributed by atoms with E-state index in [4.69, 9.17) is 5.73 Å². The maximum atomic E-state index is 11.0. The molecule has 3 N–H and O–H groups in total. The molecule has 3 rings (SSSR count). The van der Waals surface area contributed by atoms with Crippen molar-refractivity contribution >= 4 is 23.0 Å². The van der Waals surface area contributed by atoms with Gasteiger partial charge in [0.2, 0.25) is 5.91 Å². The van der Waals surface area contributed by atoms with E-state index < -0.39 is 5.91 Å². The van der Waals surface area contributed by atoms with Gasteiger partial charge < -0.3 is 10.7 Å². The number of rotatable bonds is 3. The third-order valence-electron chi connectivity index (χ3n) is 4.27. The Bertz CT molecular complexity index is 974. The number of aromatic nitrogens is 2. The zero-order valence-electron chi connectivity index (χ0n) is 15.1. The number of amides is 1. The quantitative estimate of drug-likeness (QED) is 0.700. The van der Waals surface area contributed by atoms with Gasteiger partial charge >= 0.3 is 0 Å². The van der Waals surface area contributed by atoms with Gasteiger partial charge in [-0.05, 0) is 35.6 Å². The van der Waals surface area contributed by atoms with Crippen molar-refractivity contribution < 1.29 is 4.79 Å². The molecule has 0 fully saturated rings. The summed E-state index contributed by atoms with van der Waals surface area (Å²) in [6.45, 7) is 8.76. The second-order valence-electron chi connectivity index (χ2n) is 7.44. The molecule has 25 heavy (non-hydrogen) atoms. The standard InChI is InChI=1S/C21H23N3O/c1-13-7-15(9-17(8-13)21(2,3)4)16-10-18-14(5-6-19(22)25)11-23-20(18)24-12-16/h5-12H,1-4H3,(H2,22,25)(H,23,24)/b6-5+. The summed E-state index contributed by atoms with van der Waals surface area (Å²) in [5, 5.41) is 0.966. The predicted octanol–water partition coefficient (Wildman–Crippen LogP) is 4.33. The second-order valence-corrected chi connectivity index (χ2v) is 7.44. The van der Waals surface area contributed by atoms with E-state index in [0.717, 1.165) is 27.7 Å². The van der Waals surface area contributed by atoms with Crippen LogP contribution in [0.4, 0.5) is 0 Å². The SMILES string of the molecule is Cc1cc(-c2cnc3[nH]cc(/C=C/C(N)=O)c3c2)cc(C(C)(C)C)c1. The maximum absolute atomic E-state index is 11.0. The smallest absolute Gasteiger partial charge is 0.241 e. The van der Waals surface area contributed by atoms with E-state index in [0.29, 0.717) is 0 Å². The van der Waals surface area contributed by atoms with Gasteiger partial charge in [0, 0.05) is 35.0 Å². The van der Waals surface area contributed by atoms with Crippen molar-refractivity contribution in [2.24, 2.45) is 5.73 Å². The number of primary amides is 1. The molecule has 0 radical (unpaired) electrons. The number of nitrogens with two attached hydrogens (primary N) is 1. The number of benzene rings is 1. The van der Waals surface area contributed by atoms with Crippen molar-refractivity contribution in [2.45, 2.75) is 33.1 Å². The van der Waals surface area contributed by atoms with Crippen molar-refractivity contribution in [3.05, 3.63) is 59.4 Å². The van der Waals surface area contributed by atoms with Gasteiger partial charge in [-0.25, -0.2) is 4.98 Å². The van der Waals surface area contributed by atoms with Crippen LogP contribution in [0.1, 0.15) is 37.5 Å². The highest BCUT2D eigenvalue weighted by atomic mass is 16.1. The van der Waals surface area contributed by atoms with Gasteiger partial charge in [0.05, 0.1) is 0 Å². The minimum absolute atomic E-state index is 0.0851. The number of H-pyrrole nitrogens is 1. The third-order valence-corrected chi connectivity index (χ3v) is 4.27. The fraction of sp³-hybridized carbons (Fsp3) is 0.238. The molecule has 2 heterocycles. The van der Waals surface area contributed by atoms with Crippen LogP contribution in [0.2, 0.25) is 0 Å². The molecule has 3 aromatic rings. The number of aryl methyl sites for hydroxylation is 1. The molecule has 0 spiro atoms. The van der Waals surface area contributed by atoms with Gasteiger partial charge in [0.15, 0.2) is 0 Å². The normalized spacial score (nSPS) is 12.2. The number of nitrogens with zero attached hydrogens (tertiary/aromatic N) is 1. The largest absolute Gasteiger partial charge is 0.366 e. The molecule has 2 aromatic heterocycles. The fourth-order valence-corrected chi connectivity index (χ4v) is 2.87.